The Morgan fingerprint density at radius 3 is 2.79 bits per heavy atom. The maximum Gasteiger partial charge on any atom is 0.273 e. The van der Waals surface area contributed by atoms with Crippen molar-refractivity contribution in [3.63, 3.8) is 0 Å². The van der Waals surface area contributed by atoms with Gasteiger partial charge in [-0.05, 0) is 19.3 Å². The van der Waals surface area contributed by atoms with E-state index in [0.717, 1.165) is 36.4 Å². The third-order valence-corrected chi connectivity index (χ3v) is 7.44. The largest absolute Gasteiger partial charge is 0.367 e. The first kappa shape index (κ1) is 23.2. The summed E-state index contributed by atoms with van der Waals surface area (Å²) in [6.07, 6.45) is 4.24. The van der Waals surface area contributed by atoms with E-state index in [1.165, 1.54) is 0 Å². The first-order valence-corrected chi connectivity index (χ1v) is 12.6. The lowest BCUT2D eigenvalue weighted by atomic mass is 10.0. The molecule has 0 spiro atoms. The van der Waals surface area contributed by atoms with Crippen molar-refractivity contribution in [3.8, 4) is 11.3 Å². The Hall–Kier alpha value is -2.94. The summed E-state index contributed by atoms with van der Waals surface area (Å²) in [7, 11) is 0. The van der Waals surface area contributed by atoms with Gasteiger partial charge in [-0.2, -0.15) is 11.8 Å². The molecule has 0 aliphatic carbocycles. The van der Waals surface area contributed by atoms with Crippen LogP contribution in [-0.4, -0.2) is 53.1 Å². The van der Waals surface area contributed by atoms with E-state index in [1.807, 2.05) is 42.1 Å². The number of fused-ring (bicyclic) bond motifs is 1. The molecule has 33 heavy (non-hydrogen) atoms. The number of aromatic nitrogens is 1. The van der Waals surface area contributed by atoms with E-state index in [1.54, 1.807) is 6.07 Å². The minimum absolute atomic E-state index is 0.0660. The molecule has 1 aromatic heterocycles. The van der Waals surface area contributed by atoms with Gasteiger partial charge in [0.15, 0.2) is 11.5 Å². The minimum Gasteiger partial charge on any atom is -0.367 e. The number of rotatable bonds is 11. The van der Waals surface area contributed by atoms with Gasteiger partial charge in [-0.1, -0.05) is 48.5 Å². The van der Waals surface area contributed by atoms with E-state index < -0.39 is 0 Å². The van der Waals surface area contributed by atoms with E-state index in [0.29, 0.717) is 49.0 Å². The van der Waals surface area contributed by atoms with Gasteiger partial charge in [0.2, 0.25) is 5.91 Å². The molecule has 8 nitrogen and oxygen atoms in total. The van der Waals surface area contributed by atoms with Crippen LogP contribution in [0.25, 0.3) is 11.3 Å². The Morgan fingerprint density at radius 1 is 1.12 bits per heavy atom. The van der Waals surface area contributed by atoms with Crippen LogP contribution < -0.4 is 21.3 Å². The molecule has 0 bridgehead atoms. The van der Waals surface area contributed by atoms with Crippen molar-refractivity contribution in [1.82, 2.24) is 26.4 Å². The Balaban J connectivity index is 1.04. The Labute approximate surface area is 198 Å². The molecule has 2 aliphatic heterocycles. The van der Waals surface area contributed by atoms with Crippen LogP contribution >= 0.6 is 11.8 Å². The molecule has 2 saturated heterocycles. The first-order chi connectivity index (χ1) is 16.1. The van der Waals surface area contributed by atoms with Gasteiger partial charge < -0.3 is 25.8 Å². The zero-order valence-corrected chi connectivity index (χ0v) is 19.5. The second-order valence-electron chi connectivity index (χ2n) is 8.42. The standard InChI is InChI=1S/C24H31N5O3S/c1-16-27-19-15-33-21(23(19)28-16)10-5-6-11-22(30)25-12-7-13-26-24(31)18-14-20(32-29-18)17-8-3-2-4-9-17/h2-4,8-9,14,19,21,23,27-28H,1,5-7,10-13,15H2,(H,25,30)(H,26,31)/t19-,21-,23-/m0/s1. The molecule has 4 N–H and O–H groups in total. The molecule has 3 atom stereocenters. The molecule has 2 fully saturated rings. The van der Waals surface area contributed by atoms with Crippen LogP contribution in [-0.2, 0) is 4.79 Å². The fourth-order valence-corrected chi connectivity index (χ4v) is 5.74. The summed E-state index contributed by atoms with van der Waals surface area (Å²) in [6, 6.07) is 12.1. The van der Waals surface area contributed by atoms with Crippen LogP contribution in [0.4, 0.5) is 0 Å². The summed E-state index contributed by atoms with van der Waals surface area (Å²) in [6.45, 7) is 4.95. The molecule has 9 heteroatoms. The number of hydrogen-bond acceptors (Lipinski definition) is 7. The van der Waals surface area contributed by atoms with Crippen LogP contribution in [0.5, 0.6) is 0 Å². The second-order valence-corrected chi connectivity index (χ2v) is 9.69. The van der Waals surface area contributed by atoms with Crippen LogP contribution in [0.1, 0.15) is 42.6 Å². The van der Waals surface area contributed by atoms with E-state index in [9.17, 15) is 9.59 Å². The van der Waals surface area contributed by atoms with Gasteiger partial charge in [-0.15, -0.1) is 0 Å². The Bertz CT molecular complexity index is 964. The molecule has 176 valence electrons. The van der Waals surface area contributed by atoms with Crippen LogP contribution in [0.15, 0.2) is 53.3 Å². The maximum atomic E-state index is 12.2. The number of amides is 2. The fourth-order valence-electron chi connectivity index (χ4n) is 4.20. The van der Waals surface area contributed by atoms with Gasteiger partial charge in [-0.25, -0.2) is 0 Å². The highest BCUT2D eigenvalue weighted by molar-refractivity contribution is 8.00. The van der Waals surface area contributed by atoms with Crippen molar-refractivity contribution in [2.24, 2.45) is 0 Å². The summed E-state index contributed by atoms with van der Waals surface area (Å²) in [4.78, 5) is 24.3. The molecule has 0 saturated carbocycles. The number of hydrogen-bond donors (Lipinski definition) is 4. The molecule has 2 amide bonds. The van der Waals surface area contributed by atoms with Crippen LogP contribution in [0, 0.1) is 0 Å². The molecule has 0 unspecified atom stereocenters. The number of carbonyl (C=O) groups excluding carboxylic acids is 2. The SMILES string of the molecule is C=C1N[C@H]2[C@H](CS[C@H]2CCCCC(=O)NCCCNC(=O)c2cc(-c3ccccc3)on2)N1. The average molecular weight is 470 g/mol. The first-order valence-electron chi connectivity index (χ1n) is 11.5. The normalized spacial score (nSPS) is 21.2. The molecule has 4 rings (SSSR count). The van der Waals surface area contributed by atoms with Gasteiger partial charge in [0.25, 0.3) is 5.91 Å². The maximum absolute atomic E-state index is 12.2. The van der Waals surface area contributed by atoms with Crippen molar-refractivity contribution in [1.29, 1.82) is 0 Å². The highest BCUT2D eigenvalue weighted by Gasteiger charge is 2.40. The Morgan fingerprint density at radius 2 is 1.94 bits per heavy atom. The molecule has 0 radical (unpaired) electrons. The van der Waals surface area contributed by atoms with E-state index in [4.69, 9.17) is 4.52 Å². The minimum atomic E-state index is -0.283. The lowest BCUT2D eigenvalue weighted by Crippen LogP contribution is -2.36. The highest BCUT2D eigenvalue weighted by Crippen LogP contribution is 2.34. The quantitative estimate of drug-likeness (QED) is 0.375. The predicted octanol–water partition coefficient (Wildman–Crippen LogP) is 2.65. The number of carbonyl (C=O) groups is 2. The lowest BCUT2D eigenvalue weighted by Gasteiger charge is -2.17. The monoisotopic (exact) mass is 469 g/mol. The van der Waals surface area contributed by atoms with E-state index in [-0.39, 0.29) is 17.5 Å². The summed E-state index contributed by atoms with van der Waals surface area (Å²) in [5.74, 6) is 2.39. The van der Waals surface area contributed by atoms with E-state index in [2.05, 4.69) is 33.0 Å². The van der Waals surface area contributed by atoms with Crippen molar-refractivity contribution in [3.05, 3.63) is 54.5 Å². The third kappa shape index (κ3) is 6.31. The zero-order valence-electron chi connectivity index (χ0n) is 18.6. The number of nitrogens with one attached hydrogen (secondary N) is 4. The molecule has 2 aromatic rings. The summed E-state index contributed by atoms with van der Waals surface area (Å²) in [5, 5.41) is 17.0. The third-order valence-electron chi connectivity index (χ3n) is 5.93. The van der Waals surface area contributed by atoms with Crippen molar-refractivity contribution in [2.45, 2.75) is 49.4 Å². The van der Waals surface area contributed by atoms with Gasteiger partial charge in [0.1, 0.15) is 0 Å². The molecule has 1 aromatic carbocycles. The molecule has 2 aliphatic rings. The Kier molecular flexibility index (Phi) is 7.93. The van der Waals surface area contributed by atoms with Crippen molar-refractivity contribution < 1.29 is 14.1 Å². The van der Waals surface area contributed by atoms with Gasteiger partial charge in [0, 0.05) is 42.1 Å². The van der Waals surface area contributed by atoms with Crippen LogP contribution in [0.3, 0.4) is 0 Å². The van der Waals surface area contributed by atoms with Crippen molar-refractivity contribution >= 4 is 23.6 Å². The summed E-state index contributed by atoms with van der Waals surface area (Å²) in [5.41, 5.74) is 1.12. The van der Waals surface area contributed by atoms with Gasteiger partial charge >= 0.3 is 0 Å². The van der Waals surface area contributed by atoms with Gasteiger partial charge in [0.05, 0.1) is 17.9 Å². The molecular weight excluding hydrogens is 438 g/mol. The number of unbranched alkanes of at least 4 members (excludes halogenated alkanes) is 1. The molecular formula is C24H31N5O3S. The van der Waals surface area contributed by atoms with Crippen LogP contribution in [0.2, 0.25) is 0 Å². The highest BCUT2D eigenvalue weighted by atomic mass is 32.2. The fraction of sp³-hybridized carbons (Fsp3) is 0.458. The number of nitrogens with zero attached hydrogens (tertiary/aromatic N) is 1. The smallest absolute Gasteiger partial charge is 0.273 e. The second kappa shape index (κ2) is 11.3. The molecule has 3 heterocycles. The number of thioether (sulfide) groups is 1. The lowest BCUT2D eigenvalue weighted by molar-refractivity contribution is -0.121. The predicted molar refractivity (Wildman–Crippen MR) is 130 cm³/mol. The van der Waals surface area contributed by atoms with Gasteiger partial charge in [-0.3, -0.25) is 9.59 Å². The number of benzene rings is 1. The summed E-state index contributed by atoms with van der Waals surface area (Å²) >= 11 is 2.00. The zero-order chi connectivity index (χ0) is 23.0. The topological polar surface area (TPSA) is 108 Å². The van der Waals surface area contributed by atoms with Crippen molar-refractivity contribution in [2.75, 3.05) is 18.8 Å². The van der Waals surface area contributed by atoms with E-state index >= 15 is 0 Å². The summed E-state index contributed by atoms with van der Waals surface area (Å²) < 4.78 is 5.26. The average Bonchev–Trinajstić information content (AvgIpc) is 3.54.